The van der Waals surface area contributed by atoms with E-state index in [1.54, 1.807) is 24.3 Å². The van der Waals surface area contributed by atoms with Gasteiger partial charge in [0.05, 0.1) is 36.2 Å². The Labute approximate surface area is 202 Å². The van der Waals surface area contributed by atoms with Gasteiger partial charge in [0.25, 0.3) is 11.5 Å². The summed E-state index contributed by atoms with van der Waals surface area (Å²) in [6.45, 7) is 0.433. The number of carbonyl (C=O) groups excluding carboxylic acids is 1. The van der Waals surface area contributed by atoms with Crippen LogP contribution in [0.1, 0.15) is 46.7 Å². The molecule has 1 saturated heterocycles. The summed E-state index contributed by atoms with van der Waals surface area (Å²) < 4.78 is 60.0. The number of carbonyl (C=O) groups is 1. The Morgan fingerprint density at radius 2 is 1.97 bits per heavy atom. The molecule has 0 bridgehead atoms. The van der Waals surface area contributed by atoms with Gasteiger partial charge in [0.1, 0.15) is 23.2 Å². The second-order valence-corrected chi connectivity index (χ2v) is 9.10. The lowest BCUT2D eigenvalue weighted by molar-refractivity contribution is -0.137. The molecule has 5 rings (SSSR count). The second kappa shape index (κ2) is 8.99. The van der Waals surface area contributed by atoms with E-state index in [-0.39, 0.29) is 30.3 Å². The van der Waals surface area contributed by atoms with Crippen LogP contribution in [0.3, 0.4) is 0 Å². The molecule has 2 aliphatic rings. The van der Waals surface area contributed by atoms with Crippen LogP contribution in [0, 0.1) is 5.82 Å². The first-order valence-corrected chi connectivity index (χ1v) is 11.4. The zero-order valence-electron chi connectivity index (χ0n) is 19.2. The Morgan fingerprint density at radius 1 is 1.22 bits per heavy atom. The molecule has 190 valence electrons. The normalized spacial score (nSPS) is 16.4. The lowest BCUT2D eigenvalue weighted by Gasteiger charge is -2.43. The number of hydrogen-bond donors (Lipinski definition) is 2. The van der Waals surface area contributed by atoms with E-state index in [9.17, 15) is 27.2 Å². The third-order valence-electron chi connectivity index (χ3n) is 6.50. The molecule has 1 aromatic carbocycles. The fourth-order valence-electron chi connectivity index (χ4n) is 4.48. The van der Waals surface area contributed by atoms with E-state index in [1.165, 1.54) is 10.9 Å². The van der Waals surface area contributed by atoms with Crippen molar-refractivity contribution in [1.29, 1.82) is 0 Å². The van der Waals surface area contributed by atoms with E-state index in [0.29, 0.717) is 17.4 Å². The van der Waals surface area contributed by atoms with Gasteiger partial charge in [-0.2, -0.15) is 18.3 Å². The molecule has 2 fully saturated rings. The lowest BCUT2D eigenvalue weighted by atomic mass is 9.79. The van der Waals surface area contributed by atoms with Crippen LogP contribution in [-0.2, 0) is 13.2 Å². The van der Waals surface area contributed by atoms with Crippen molar-refractivity contribution in [3.05, 3.63) is 69.7 Å². The molecule has 8 nitrogen and oxygen atoms in total. The number of amides is 1. The monoisotopic (exact) mass is 505 g/mol. The zero-order valence-corrected chi connectivity index (χ0v) is 19.2. The van der Waals surface area contributed by atoms with Crippen LogP contribution >= 0.6 is 0 Å². The molecular formula is C24H23F4N5O3. The van der Waals surface area contributed by atoms with Gasteiger partial charge in [-0.25, -0.2) is 4.39 Å². The first-order valence-electron chi connectivity index (χ1n) is 11.4. The number of H-pyrrole nitrogens is 1. The maximum Gasteiger partial charge on any atom is 0.416 e. The summed E-state index contributed by atoms with van der Waals surface area (Å²) in [6.07, 6.45) is 2.31. The van der Waals surface area contributed by atoms with Crippen LogP contribution in [0.4, 0.5) is 28.9 Å². The highest BCUT2D eigenvalue weighted by Gasteiger charge is 2.37. The first-order chi connectivity index (χ1) is 17.1. The number of aromatic nitrogens is 3. The number of benzene rings is 1. The summed E-state index contributed by atoms with van der Waals surface area (Å²) in [5.41, 5.74) is 0.00875. The smallest absolute Gasteiger partial charge is 0.416 e. The van der Waals surface area contributed by atoms with E-state index in [0.717, 1.165) is 37.0 Å². The largest absolute Gasteiger partial charge is 0.487 e. The Morgan fingerprint density at radius 3 is 2.58 bits per heavy atom. The molecule has 1 aliphatic heterocycles. The Balaban J connectivity index is 1.40. The van der Waals surface area contributed by atoms with Crippen LogP contribution in [0.5, 0.6) is 5.75 Å². The number of halogens is 4. The molecule has 1 amide bonds. The van der Waals surface area contributed by atoms with Crippen molar-refractivity contribution in [1.82, 2.24) is 14.8 Å². The summed E-state index contributed by atoms with van der Waals surface area (Å²) in [5.74, 6) is -1.69. The van der Waals surface area contributed by atoms with Crippen molar-refractivity contribution in [3.63, 3.8) is 0 Å². The average Bonchev–Trinajstić information content (AvgIpc) is 3.13. The Bertz CT molecular complexity index is 1360. The van der Waals surface area contributed by atoms with Crippen molar-refractivity contribution in [2.24, 2.45) is 7.05 Å². The number of ether oxygens (including phenoxy) is 1. The highest BCUT2D eigenvalue weighted by molar-refractivity contribution is 6.08. The number of alkyl halides is 3. The molecule has 1 aliphatic carbocycles. The minimum atomic E-state index is -4.70. The summed E-state index contributed by atoms with van der Waals surface area (Å²) in [6, 6.07) is 2.07. The number of nitrogens with one attached hydrogen (secondary N) is 2. The molecule has 12 heteroatoms. The predicted octanol–water partition coefficient (Wildman–Crippen LogP) is 4.05. The minimum Gasteiger partial charge on any atom is -0.487 e. The maximum absolute atomic E-state index is 13.7. The highest BCUT2D eigenvalue weighted by Crippen LogP contribution is 2.43. The first kappa shape index (κ1) is 23.9. The molecule has 36 heavy (non-hydrogen) atoms. The van der Waals surface area contributed by atoms with Gasteiger partial charge in [0.15, 0.2) is 0 Å². The SMILES string of the molecule is Cn1cc(NC(=O)c2c(N3CC(Oc4cc(F)cc(C(F)(F)F)c4)C3)c(C3CCC3)c[nH]c2=O)cn1. The summed E-state index contributed by atoms with van der Waals surface area (Å²) >= 11 is 0. The van der Waals surface area contributed by atoms with Gasteiger partial charge in [0, 0.05) is 25.5 Å². The van der Waals surface area contributed by atoms with Crippen LogP contribution in [0.2, 0.25) is 0 Å². The van der Waals surface area contributed by atoms with E-state index in [2.05, 4.69) is 15.4 Å². The second-order valence-electron chi connectivity index (χ2n) is 9.10. The fraction of sp³-hybridized carbons (Fsp3) is 0.375. The number of aryl methyl sites for hydroxylation is 1. The summed E-state index contributed by atoms with van der Waals surface area (Å²) in [4.78, 5) is 30.4. The number of aromatic amines is 1. The molecule has 3 heterocycles. The third kappa shape index (κ3) is 4.67. The molecule has 0 spiro atoms. The molecule has 2 N–H and O–H groups in total. The molecule has 1 saturated carbocycles. The van der Waals surface area contributed by atoms with Gasteiger partial charge in [-0.05, 0) is 36.5 Å². The van der Waals surface area contributed by atoms with E-state index in [4.69, 9.17) is 4.74 Å². The van der Waals surface area contributed by atoms with Crippen molar-refractivity contribution < 1.29 is 27.1 Å². The van der Waals surface area contributed by atoms with Crippen molar-refractivity contribution in [2.45, 2.75) is 37.5 Å². The van der Waals surface area contributed by atoms with Gasteiger partial charge < -0.3 is 19.9 Å². The minimum absolute atomic E-state index is 0.0492. The zero-order chi connectivity index (χ0) is 25.6. The van der Waals surface area contributed by atoms with Gasteiger partial charge in [-0.15, -0.1) is 0 Å². The summed E-state index contributed by atoms with van der Waals surface area (Å²) in [5, 5.41) is 6.70. The number of hydrogen-bond acceptors (Lipinski definition) is 5. The standard InChI is InChI=1S/C24H23F4N5O3/c1-32-10-16(8-30-32)31-23(35)20-21(19(9-29-22(20)34)13-3-2-4-13)33-11-18(12-33)36-17-6-14(24(26,27)28)5-15(25)7-17/h5-10,13,18H,2-4,11-12H2,1H3,(H,29,34)(H,31,35). The van der Waals surface area contributed by atoms with Crippen LogP contribution in [-0.4, -0.2) is 39.9 Å². The van der Waals surface area contributed by atoms with E-state index >= 15 is 0 Å². The Kier molecular flexibility index (Phi) is 5.97. The van der Waals surface area contributed by atoms with Gasteiger partial charge >= 0.3 is 6.18 Å². The quantitative estimate of drug-likeness (QED) is 0.493. The van der Waals surface area contributed by atoms with Crippen LogP contribution in [0.15, 0.2) is 41.6 Å². The van der Waals surface area contributed by atoms with Crippen molar-refractivity contribution in [2.75, 3.05) is 23.3 Å². The van der Waals surface area contributed by atoms with E-state index < -0.39 is 35.1 Å². The highest BCUT2D eigenvalue weighted by atomic mass is 19.4. The number of nitrogens with zero attached hydrogens (tertiary/aromatic N) is 3. The predicted molar refractivity (Wildman–Crippen MR) is 123 cm³/mol. The Hall–Kier alpha value is -3.83. The van der Waals surface area contributed by atoms with Crippen LogP contribution < -0.4 is 20.5 Å². The van der Waals surface area contributed by atoms with Crippen molar-refractivity contribution in [3.8, 4) is 5.75 Å². The topological polar surface area (TPSA) is 92.2 Å². The number of anilines is 2. The van der Waals surface area contributed by atoms with E-state index in [1.807, 2.05) is 0 Å². The fourth-order valence-corrected chi connectivity index (χ4v) is 4.48. The van der Waals surface area contributed by atoms with Gasteiger partial charge in [-0.3, -0.25) is 14.3 Å². The number of pyridine rings is 1. The third-order valence-corrected chi connectivity index (χ3v) is 6.50. The summed E-state index contributed by atoms with van der Waals surface area (Å²) in [7, 11) is 1.70. The number of rotatable bonds is 6. The average molecular weight is 505 g/mol. The molecule has 3 aromatic rings. The van der Waals surface area contributed by atoms with Gasteiger partial charge in [0.2, 0.25) is 0 Å². The maximum atomic E-state index is 13.7. The molecule has 0 atom stereocenters. The van der Waals surface area contributed by atoms with Crippen molar-refractivity contribution >= 4 is 17.3 Å². The molecular weight excluding hydrogens is 482 g/mol. The molecule has 0 unspecified atom stereocenters. The molecule has 0 radical (unpaired) electrons. The van der Waals surface area contributed by atoms with Gasteiger partial charge in [-0.1, -0.05) is 6.42 Å². The van der Waals surface area contributed by atoms with Crippen LogP contribution in [0.25, 0.3) is 0 Å². The lowest BCUT2D eigenvalue weighted by Crippen LogP contribution is -2.55. The molecule has 2 aromatic heterocycles.